The lowest BCUT2D eigenvalue weighted by molar-refractivity contribution is 0.0885. The van der Waals surface area contributed by atoms with E-state index in [4.69, 9.17) is 4.74 Å². The van der Waals surface area contributed by atoms with E-state index in [1.165, 1.54) is 0 Å². The van der Waals surface area contributed by atoms with Crippen molar-refractivity contribution >= 4 is 5.65 Å². The number of pyridine rings is 1. The minimum Gasteiger partial charge on any atom is -0.369 e. The molecule has 1 N–H and O–H groups in total. The fourth-order valence-corrected chi connectivity index (χ4v) is 3.21. The van der Waals surface area contributed by atoms with Gasteiger partial charge in [0.05, 0.1) is 5.69 Å². The average Bonchev–Trinajstić information content (AvgIpc) is 3.29. The third-order valence-corrected chi connectivity index (χ3v) is 4.39. The number of nitrogens with zero attached hydrogens (tertiary/aromatic N) is 4. The van der Waals surface area contributed by atoms with Gasteiger partial charge in [-0.2, -0.15) is 0 Å². The number of aryl methyl sites for hydroxylation is 1. The van der Waals surface area contributed by atoms with Gasteiger partial charge < -0.3 is 19.0 Å². The van der Waals surface area contributed by atoms with Crippen molar-refractivity contribution in [1.29, 1.82) is 0 Å². The summed E-state index contributed by atoms with van der Waals surface area (Å²) in [5, 5.41) is 3.59. The van der Waals surface area contributed by atoms with Crippen LogP contribution in [0.5, 0.6) is 0 Å². The van der Waals surface area contributed by atoms with Crippen LogP contribution < -0.4 is 5.32 Å². The van der Waals surface area contributed by atoms with Gasteiger partial charge in [-0.05, 0) is 25.5 Å². The quantitative estimate of drug-likeness (QED) is 0.784. The van der Waals surface area contributed by atoms with Gasteiger partial charge in [0, 0.05) is 50.5 Å². The topological polar surface area (TPSA) is 56.4 Å². The van der Waals surface area contributed by atoms with E-state index in [-0.39, 0.29) is 12.1 Å². The number of rotatable bonds is 5. The van der Waals surface area contributed by atoms with Crippen LogP contribution in [0.4, 0.5) is 0 Å². The summed E-state index contributed by atoms with van der Waals surface area (Å²) in [6, 6.07) is 6.30. The molecule has 6 nitrogen and oxygen atoms in total. The van der Waals surface area contributed by atoms with Crippen LogP contribution in [0.15, 0.2) is 43.0 Å². The number of nitrogens with one attached hydrogen (secondary N) is 1. The van der Waals surface area contributed by atoms with Crippen LogP contribution in [-0.4, -0.2) is 31.6 Å². The van der Waals surface area contributed by atoms with Gasteiger partial charge in [-0.1, -0.05) is 6.07 Å². The molecule has 0 amide bonds. The Morgan fingerprint density at radius 1 is 1.35 bits per heavy atom. The van der Waals surface area contributed by atoms with Crippen LogP contribution in [0.1, 0.15) is 31.0 Å². The fourth-order valence-electron chi connectivity index (χ4n) is 3.21. The van der Waals surface area contributed by atoms with Crippen molar-refractivity contribution in [1.82, 2.24) is 24.3 Å². The highest BCUT2D eigenvalue weighted by Gasteiger charge is 2.32. The molecule has 1 aliphatic heterocycles. The Kier molecular flexibility index (Phi) is 3.85. The molecule has 23 heavy (non-hydrogen) atoms. The number of aromatic nitrogens is 4. The summed E-state index contributed by atoms with van der Waals surface area (Å²) in [7, 11) is 0. The zero-order valence-corrected chi connectivity index (χ0v) is 13.2. The molecule has 0 saturated carbocycles. The highest BCUT2D eigenvalue weighted by molar-refractivity contribution is 5.39. The maximum Gasteiger partial charge on any atom is 0.139 e. The first-order chi connectivity index (χ1) is 11.3. The van der Waals surface area contributed by atoms with E-state index in [1.807, 2.05) is 41.2 Å². The Hall–Kier alpha value is -2.18. The summed E-state index contributed by atoms with van der Waals surface area (Å²) in [5.41, 5.74) is 2.02. The zero-order chi connectivity index (χ0) is 15.6. The van der Waals surface area contributed by atoms with Crippen molar-refractivity contribution < 1.29 is 4.74 Å². The third-order valence-electron chi connectivity index (χ3n) is 4.39. The molecule has 120 valence electrons. The lowest BCUT2D eigenvalue weighted by Gasteiger charge is -2.19. The molecular weight excluding hydrogens is 290 g/mol. The Balaban J connectivity index is 1.47. The first kappa shape index (κ1) is 14.4. The fraction of sp³-hybridized carbons (Fsp3) is 0.412. The summed E-state index contributed by atoms with van der Waals surface area (Å²) in [4.78, 5) is 9.12. The first-order valence-electron chi connectivity index (χ1n) is 8.14. The lowest BCUT2D eigenvalue weighted by atomic mass is 10.1. The largest absolute Gasteiger partial charge is 0.369 e. The average molecular weight is 311 g/mol. The van der Waals surface area contributed by atoms with Crippen molar-refractivity contribution in [2.45, 2.75) is 38.6 Å². The Morgan fingerprint density at radius 3 is 3.17 bits per heavy atom. The Morgan fingerprint density at radius 2 is 2.30 bits per heavy atom. The molecule has 4 rings (SSSR count). The SMILES string of the molecule is CCn1ccnc1[C@H]1OCC[C@@H]1NCc1cn2ccccc2n1. The molecule has 2 atom stereocenters. The molecule has 4 heterocycles. The van der Waals surface area contributed by atoms with Crippen LogP contribution in [0.25, 0.3) is 5.65 Å². The van der Waals surface area contributed by atoms with Crippen LogP contribution in [-0.2, 0) is 17.8 Å². The minimum atomic E-state index is 0.0157. The summed E-state index contributed by atoms with van der Waals surface area (Å²) in [6.07, 6.45) is 8.96. The Labute approximate surface area is 135 Å². The van der Waals surface area contributed by atoms with Gasteiger partial charge in [0.2, 0.25) is 0 Å². The normalized spacial score (nSPS) is 21.3. The van der Waals surface area contributed by atoms with Gasteiger partial charge >= 0.3 is 0 Å². The second kappa shape index (κ2) is 6.14. The molecule has 1 aliphatic rings. The van der Waals surface area contributed by atoms with Crippen LogP contribution in [0, 0.1) is 0 Å². The molecule has 0 aliphatic carbocycles. The van der Waals surface area contributed by atoms with Gasteiger partial charge in [-0.25, -0.2) is 9.97 Å². The van der Waals surface area contributed by atoms with Crippen LogP contribution in [0.3, 0.4) is 0 Å². The van der Waals surface area contributed by atoms with Crippen LogP contribution >= 0.6 is 0 Å². The predicted molar refractivity (Wildman–Crippen MR) is 87.0 cm³/mol. The van der Waals surface area contributed by atoms with Crippen molar-refractivity contribution in [2.24, 2.45) is 0 Å². The monoisotopic (exact) mass is 311 g/mol. The smallest absolute Gasteiger partial charge is 0.139 e. The van der Waals surface area contributed by atoms with Crippen molar-refractivity contribution in [3.05, 3.63) is 54.5 Å². The number of ether oxygens (including phenoxy) is 1. The molecule has 0 bridgehead atoms. The van der Waals surface area contributed by atoms with E-state index >= 15 is 0 Å². The van der Waals surface area contributed by atoms with Gasteiger partial charge in [-0.15, -0.1) is 0 Å². The van der Waals surface area contributed by atoms with E-state index in [9.17, 15) is 0 Å². The summed E-state index contributed by atoms with van der Waals surface area (Å²) in [5.74, 6) is 1.01. The molecule has 3 aromatic heterocycles. The summed E-state index contributed by atoms with van der Waals surface area (Å²) in [6.45, 7) is 4.54. The molecular formula is C17H21N5O. The second-order valence-corrected chi connectivity index (χ2v) is 5.84. The van der Waals surface area contributed by atoms with Gasteiger partial charge in [0.15, 0.2) is 0 Å². The highest BCUT2D eigenvalue weighted by atomic mass is 16.5. The second-order valence-electron chi connectivity index (χ2n) is 5.84. The molecule has 1 fully saturated rings. The third kappa shape index (κ3) is 2.75. The van der Waals surface area contributed by atoms with Gasteiger partial charge in [-0.3, -0.25) is 0 Å². The van der Waals surface area contributed by atoms with Crippen molar-refractivity contribution in [2.75, 3.05) is 6.61 Å². The van der Waals surface area contributed by atoms with Crippen molar-refractivity contribution in [3.63, 3.8) is 0 Å². The van der Waals surface area contributed by atoms with E-state index in [0.717, 1.165) is 43.3 Å². The highest BCUT2D eigenvalue weighted by Crippen LogP contribution is 2.28. The minimum absolute atomic E-state index is 0.0157. The van der Waals surface area contributed by atoms with E-state index in [0.29, 0.717) is 0 Å². The molecule has 0 unspecified atom stereocenters. The van der Waals surface area contributed by atoms with Gasteiger partial charge in [0.1, 0.15) is 17.6 Å². The molecule has 1 saturated heterocycles. The van der Waals surface area contributed by atoms with E-state index in [1.54, 1.807) is 0 Å². The molecule has 0 aromatic carbocycles. The lowest BCUT2D eigenvalue weighted by Crippen LogP contribution is -2.32. The maximum atomic E-state index is 5.93. The van der Waals surface area contributed by atoms with Crippen molar-refractivity contribution in [3.8, 4) is 0 Å². The standard InChI is InChI=1S/C17H21N5O/c1-2-21-9-7-18-17(21)16-14(6-10-23-16)19-11-13-12-22-8-4-3-5-15(22)20-13/h3-5,7-9,12,14,16,19H,2,6,10-11H2,1H3/t14-,16-/m0/s1. The van der Waals surface area contributed by atoms with E-state index < -0.39 is 0 Å². The van der Waals surface area contributed by atoms with E-state index in [2.05, 4.69) is 33.0 Å². The number of hydrogen-bond acceptors (Lipinski definition) is 4. The van der Waals surface area contributed by atoms with Gasteiger partial charge in [0.25, 0.3) is 0 Å². The number of imidazole rings is 2. The Bertz CT molecular complexity index is 760. The number of hydrogen-bond donors (Lipinski definition) is 1. The summed E-state index contributed by atoms with van der Waals surface area (Å²) >= 11 is 0. The molecule has 3 aromatic rings. The molecule has 6 heteroatoms. The molecule has 0 radical (unpaired) electrons. The summed E-state index contributed by atoms with van der Waals surface area (Å²) < 4.78 is 10.1. The maximum absolute atomic E-state index is 5.93. The predicted octanol–water partition coefficient (Wildman–Crippen LogP) is 2.17. The first-order valence-corrected chi connectivity index (χ1v) is 8.14. The van der Waals surface area contributed by atoms with Crippen LogP contribution in [0.2, 0.25) is 0 Å². The molecule has 0 spiro atoms. The number of fused-ring (bicyclic) bond motifs is 1. The zero-order valence-electron chi connectivity index (χ0n) is 13.2.